The number of pyridine rings is 1. The number of amides is 2. The number of carbonyl (C=O) groups is 2. The predicted octanol–water partition coefficient (Wildman–Crippen LogP) is 4.69. The Hall–Kier alpha value is -3.92. The van der Waals surface area contributed by atoms with Gasteiger partial charge in [0.2, 0.25) is 5.91 Å². The molecule has 43 heavy (non-hydrogen) atoms. The molecule has 2 aliphatic heterocycles. The first-order chi connectivity index (χ1) is 20.8. The van der Waals surface area contributed by atoms with Gasteiger partial charge in [0.25, 0.3) is 5.91 Å². The number of nitrogens with zero attached hydrogens (tertiary/aromatic N) is 5. The fourth-order valence-corrected chi connectivity index (χ4v) is 7.19. The van der Waals surface area contributed by atoms with E-state index in [1.165, 1.54) is 0 Å². The van der Waals surface area contributed by atoms with E-state index in [9.17, 15) is 9.59 Å². The molecule has 3 aromatic heterocycles. The minimum atomic E-state index is -0.232. The van der Waals surface area contributed by atoms with Crippen molar-refractivity contribution in [2.75, 3.05) is 7.11 Å². The number of benzene rings is 1. The van der Waals surface area contributed by atoms with Crippen LogP contribution in [0.2, 0.25) is 0 Å². The average molecular weight is 586 g/mol. The smallest absolute Gasteiger partial charge is 0.254 e. The van der Waals surface area contributed by atoms with Crippen molar-refractivity contribution < 1.29 is 14.3 Å². The van der Waals surface area contributed by atoms with Crippen molar-refractivity contribution >= 4 is 33.9 Å². The maximum atomic E-state index is 13.7. The summed E-state index contributed by atoms with van der Waals surface area (Å²) in [7, 11) is 3.64. The van der Waals surface area contributed by atoms with Crippen molar-refractivity contribution in [1.29, 1.82) is 0 Å². The number of carbonyl (C=O) groups excluding carboxylic acids is 2. The van der Waals surface area contributed by atoms with E-state index in [1.54, 1.807) is 7.11 Å². The van der Waals surface area contributed by atoms with E-state index in [4.69, 9.17) is 26.2 Å². The number of aromatic nitrogens is 4. The van der Waals surface area contributed by atoms with Crippen LogP contribution < -0.4 is 16.2 Å². The SMILES string of the molecule is CCc1ccc2cc(-c3nc4cc(C(=O)N5[C@H]6CC[C@@H]5[C@H](N)C6)cc(OC)c4n3C)n(CCCCCCCC(N)=O)c2n1. The minimum absolute atomic E-state index is 0.00842. The third kappa shape index (κ3) is 5.37. The van der Waals surface area contributed by atoms with Crippen LogP contribution in [0.5, 0.6) is 5.75 Å². The van der Waals surface area contributed by atoms with Gasteiger partial charge in [-0.3, -0.25) is 9.59 Å². The summed E-state index contributed by atoms with van der Waals surface area (Å²) in [5.41, 5.74) is 16.8. The highest BCUT2D eigenvalue weighted by molar-refractivity contribution is 6.00. The number of imidazole rings is 1. The molecule has 2 aliphatic rings. The molecule has 0 aliphatic carbocycles. The van der Waals surface area contributed by atoms with Gasteiger partial charge < -0.3 is 30.2 Å². The summed E-state index contributed by atoms with van der Waals surface area (Å²) in [4.78, 5) is 36.9. The van der Waals surface area contributed by atoms with Gasteiger partial charge in [0.1, 0.15) is 16.9 Å². The molecule has 0 unspecified atom stereocenters. The van der Waals surface area contributed by atoms with Gasteiger partial charge in [-0.25, -0.2) is 9.97 Å². The molecule has 1 aromatic carbocycles. The molecule has 2 amide bonds. The van der Waals surface area contributed by atoms with E-state index in [0.717, 1.165) is 104 Å². The van der Waals surface area contributed by atoms with Gasteiger partial charge in [0.15, 0.2) is 5.82 Å². The number of primary amides is 1. The third-order valence-corrected chi connectivity index (χ3v) is 9.42. The number of rotatable bonds is 12. The predicted molar refractivity (Wildman–Crippen MR) is 168 cm³/mol. The van der Waals surface area contributed by atoms with E-state index in [1.807, 2.05) is 24.1 Å². The molecule has 0 saturated carbocycles. The molecule has 0 spiro atoms. The number of fused-ring (bicyclic) bond motifs is 4. The molecule has 0 radical (unpaired) electrons. The molecule has 4 N–H and O–H groups in total. The summed E-state index contributed by atoms with van der Waals surface area (Å²) < 4.78 is 10.2. The summed E-state index contributed by atoms with van der Waals surface area (Å²) in [5, 5.41) is 1.07. The summed E-state index contributed by atoms with van der Waals surface area (Å²) in [6.07, 6.45) is 9.09. The maximum absolute atomic E-state index is 13.7. The molecular weight excluding hydrogens is 542 g/mol. The molecule has 2 bridgehead atoms. The summed E-state index contributed by atoms with van der Waals surface area (Å²) in [6, 6.07) is 10.5. The van der Waals surface area contributed by atoms with Crippen molar-refractivity contribution in [3.8, 4) is 17.3 Å². The van der Waals surface area contributed by atoms with Crippen molar-refractivity contribution in [3.05, 3.63) is 41.6 Å². The standard InChI is InChI=1S/C33H43N7O3/c1-4-22-12-11-20-17-27(39(31(20)36-22)15-9-7-5-6-8-10-29(35)41)32-37-25-16-21(18-28(43-3)30(25)38(32)2)33(42)40-23-13-14-26(40)24(34)19-23/h11-12,16-18,23-24,26H,4-10,13-15,19,34H2,1-3H3,(H2,35,41)/t23-,24+,26+/m0/s1. The number of hydrogen-bond acceptors (Lipinski definition) is 6. The van der Waals surface area contributed by atoms with Gasteiger partial charge in [0.05, 0.1) is 18.3 Å². The summed E-state index contributed by atoms with van der Waals surface area (Å²) in [5.74, 6) is 1.21. The molecule has 6 rings (SSSR count). The lowest BCUT2D eigenvalue weighted by Gasteiger charge is -2.23. The van der Waals surface area contributed by atoms with Crippen LogP contribution in [0.3, 0.4) is 0 Å². The normalized spacial score (nSPS) is 19.6. The highest BCUT2D eigenvalue weighted by Gasteiger charge is 2.47. The van der Waals surface area contributed by atoms with Crippen LogP contribution in [0.1, 0.15) is 80.8 Å². The number of hydrogen-bond donors (Lipinski definition) is 2. The van der Waals surface area contributed by atoms with Gasteiger partial charge in [-0.1, -0.05) is 26.2 Å². The first-order valence-corrected chi connectivity index (χ1v) is 15.7. The van der Waals surface area contributed by atoms with Crippen molar-refractivity contribution in [3.63, 3.8) is 0 Å². The first kappa shape index (κ1) is 29.2. The van der Waals surface area contributed by atoms with Crippen LogP contribution in [0.25, 0.3) is 33.6 Å². The van der Waals surface area contributed by atoms with Gasteiger partial charge in [-0.05, 0) is 68.9 Å². The summed E-state index contributed by atoms with van der Waals surface area (Å²) in [6.45, 7) is 2.92. The van der Waals surface area contributed by atoms with E-state index in [0.29, 0.717) is 17.7 Å². The van der Waals surface area contributed by atoms with Gasteiger partial charge in [0, 0.05) is 54.8 Å². The molecule has 4 aromatic rings. The molecule has 3 atom stereocenters. The number of unbranched alkanes of at least 4 members (excludes halogenated alkanes) is 4. The van der Waals surface area contributed by atoms with Crippen LogP contribution in [0, 0.1) is 0 Å². The van der Waals surface area contributed by atoms with Crippen LogP contribution in [-0.4, -0.2) is 61.1 Å². The Kier molecular flexibility index (Phi) is 8.13. The van der Waals surface area contributed by atoms with E-state index in [-0.39, 0.29) is 29.9 Å². The zero-order valence-electron chi connectivity index (χ0n) is 25.5. The Morgan fingerprint density at radius 1 is 1.05 bits per heavy atom. The molecule has 2 saturated heterocycles. The first-order valence-electron chi connectivity index (χ1n) is 15.7. The zero-order valence-corrected chi connectivity index (χ0v) is 25.5. The summed E-state index contributed by atoms with van der Waals surface area (Å²) >= 11 is 0. The Balaban J connectivity index is 1.34. The Morgan fingerprint density at radius 2 is 1.84 bits per heavy atom. The van der Waals surface area contributed by atoms with Crippen LogP contribution >= 0.6 is 0 Å². The topological polar surface area (TPSA) is 134 Å². The van der Waals surface area contributed by atoms with E-state index >= 15 is 0 Å². The fourth-order valence-electron chi connectivity index (χ4n) is 7.19. The second-order valence-corrected chi connectivity index (χ2v) is 12.2. The van der Waals surface area contributed by atoms with Crippen molar-refractivity contribution in [1.82, 2.24) is 24.0 Å². The highest BCUT2D eigenvalue weighted by atomic mass is 16.5. The molecule has 5 heterocycles. The zero-order chi connectivity index (χ0) is 30.2. The molecule has 10 nitrogen and oxygen atoms in total. The second-order valence-electron chi connectivity index (χ2n) is 12.2. The van der Waals surface area contributed by atoms with E-state index in [2.05, 4.69) is 34.3 Å². The van der Waals surface area contributed by atoms with Crippen molar-refractivity contribution in [2.45, 2.75) is 95.8 Å². The van der Waals surface area contributed by atoms with Gasteiger partial charge in [-0.15, -0.1) is 0 Å². The number of aryl methyl sites for hydroxylation is 3. The van der Waals surface area contributed by atoms with Crippen molar-refractivity contribution in [2.24, 2.45) is 18.5 Å². The van der Waals surface area contributed by atoms with Crippen LogP contribution in [0.4, 0.5) is 0 Å². The third-order valence-electron chi connectivity index (χ3n) is 9.42. The second kappa shape index (κ2) is 12.0. The van der Waals surface area contributed by atoms with Gasteiger partial charge in [-0.2, -0.15) is 0 Å². The van der Waals surface area contributed by atoms with Crippen LogP contribution in [-0.2, 0) is 24.8 Å². The fraction of sp³-hybridized carbons (Fsp3) is 0.515. The Labute approximate surface area is 252 Å². The van der Waals surface area contributed by atoms with E-state index < -0.39 is 0 Å². The lowest BCUT2D eigenvalue weighted by molar-refractivity contribution is -0.118. The number of methoxy groups -OCH3 is 1. The molecule has 228 valence electrons. The number of ether oxygens (including phenoxy) is 1. The van der Waals surface area contributed by atoms with Crippen LogP contribution in [0.15, 0.2) is 30.3 Å². The average Bonchev–Trinajstić information content (AvgIpc) is 3.75. The molecule has 10 heteroatoms. The number of nitrogens with two attached hydrogens (primary N) is 2. The Morgan fingerprint density at radius 3 is 2.53 bits per heavy atom. The molecule has 2 fully saturated rings. The largest absolute Gasteiger partial charge is 0.494 e. The highest BCUT2D eigenvalue weighted by Crippen LogP contribution is 2.39. The lowest BCUT2D eigenvalue weighted by Crippen LogP contribution is -2.40. The molecular formula is C33H43N7O3. The maximum Gasteiger partial charge on any atom is 0.254 e. The van der Waals surface area contributed by atoms with Gasteiger partial charge >= 0.3 is 0 Å². The monoisotopic (exact) mass is 585 g/mol. The minimum Gasteiger partial charge on any atom is -0.494 e. The quantitative estimate of drug-likeness (QED) is 0.232. The lowest BCUT2D eigenvalue weighted by atomic mass is 9.97. The Bertz CT molecular complexity index is 1670.